The molecule has 2 amide bonds. The number of fused-ring (bicyclic) bond motifs is 2. The van der Waals surface area contributed by atoms with E-state index in [-0.39, 0.29) is 17.9 Å². The number of likely N-dealkylation sites (N-methyl/N-ethyl adjacent to an activating group) is 2. The standard InChI is InChI=1S/C28H26N6O2/c1-17(29-2)28(36)32-25-14-20(23-7-5-6-19-16-30-34(4)27(19)23)13-22(31-25)10-8-18-9-11-24-21(12-18)15-26(35)33(24)3/h5-7,9,11-14,16-17,29H,15H2,1-4H3,(H,31,32,36). The molecule has 0 radical (unpaired) electrons. The lowest BCUT2D eigenvalue weighted by molar-refractivity contribution is -0.118. The summed E-state index contributed by atoms with van der Waals surface area (Å²) < 4.78 is 1.83. The smallest absolute Gasteiger partial charge is 0.242 e. The van der Waals surface area contributed by atoms with E-state index < -0.39 is 0 Å². The number of carbonyl (C=O) groups is 2. The molecule has 0 spiro atoms. The summed E-state index contributed by atoms with van der Waals surface area (Å²) in [5, 5.41) is 11.2. The number of anilines is 2. The monoisotopic (exact) mass is 478 g/mol. The molecule has 180 valence electrons. The van der Waals surface area contributed by atoms with Crippen LogP contribution in [0.3, 0.4) is 0 Å². The highest BCUT2D eigenvalue weighted by Gasteiger charge is 2.23. The molecule has 8 nitrogen and oxygen atoms in total. The van der Waals surface area contributed by atoms with Gasteiger partial charge in [0.05, 0.1) is 24.2 Å². The first-order valence-corrected chi connectivity index (χ1v) is 11.7. The molecule has 5 rings (SSSR count). The van der Waals surface area contributed by atoms with Gasteiger partial charge in [-0.1, -0.05) is 24.1 Å². The molecule has 1 unspecified atom stereocenters. The first kappa shape index (κ1) is 23.3. The Labute approximate surface area is 209 Å². The Morgan fingerprint density at radius 2 is 1.94 bits per heavy atom. The van der Waals surface area contributed by atoms with Crippen LogP contribution in [0.1, 0.15) is 23.7 Å². The molecule has 36 heavy (non-hydrogen) atoms. The summed E-state index contributed by atoms with van der Waals surface area (Å²) >= 11 is 0. The molecule has 1 aliphatic rings. The van der Waals surface area contributed by atoms with Crippen LogP contribution in [0, 0.1) is 11.8 Å². The number of hydrogen-bond donors (Lipinski definition) is 2. The van der Waals surface area contributed by atoms with E-state index in [0.717, 1.165) is 38.8 Å². The van der Waals surface area contributed by atoms with E-state index in [9.17, 15) is 9.59 Å². The van der Waals surface area contributed by atoms with Crippen LogP contribution in [0.4, 0.5) is 11.5 Å². The summed E-state index contributed by atoms with van der Waals surface area (Å²) in [5.41, 5.74) is 6.02. The van der Waals surface area contributed by atoms with E-state index in [1.807, 2.05) is 66.5 Å². The summed E-state index contributed by atoms with van der Waals surface area (Å²) in [5.74, 6) is 6.63. The van der Waals surface area contributed by atoms with Crippen molar-refractivity contribution in [3.63, 3.8) is 0 Å². The van der Waals surface area contributed by atoms with Gasteiger partial charge < -0.3 is 15.5 Å². The Bertz CT molecular complexity index is 1580. The fraction of sp³-hybridized carbons (Fsp3) is 0.214. The van der Waals surface area contributed by atoms with Crippen LogP contribution in [0.15, 0.2) is 54.7 Å². The first-order valence-electron chi connectivity index (χ1n) is 11.7. The third-order valence-corrected chi connectivity index (χ3v) is 6.47. The van der Waals surface area contributed by atoms with Crippen LogP contribution in [0.2, 0.25) is 0 Å². The first-order chi connectivity index (χ1) is 17.3. The molecule has 3 heterocycles. The van der Waals surface area contributed by atoms with E-state index in [4.69, 9.17) is 0 Å². The lowest BCUT2D eigenvalue weighted by Crippen LogP contribution is -2.35. The maximum absolute atomic E-state index is 12.6. The highest BCUT2D eigenvalue weighted by molar-refractivity contribution is 6.01. The van der Waals surface area contributed by atoms with Gasteiger partial charge >= 0.3 is 0 Å². The number of aromatic nitrogens is 3. The summed E-state index contributed by atoms with van der Waals surface area (Å²) in [6.07, 6.45) is 2.21. The molecule has 1 atom stereocenters. The number of rotatable bonds is 4. The fourth-order valence-electron chi connectivity index (χ4n) is 4.33. The van der Waals surface area contributed by atoms with Gasteiger partial charge in [0.25, 0.3) is 0 Å². The molecular formula is C28H26N6O2. The number of pyridine rings is 1. The third kappa shape index (κ3) is 4.32. The fourth-order valence-corrected chi connectivity index (χ4v) is 4.33. The molecule has 2 aromatic carbocycles. The van der Waals surface area contributed by atoms with Crippen molar-refractivity contribution < 1.29 is 9.59 Å². The predicted octanol–water partition coefficient (Wildman–Crippen LogP) is 3.10. The average Bonchev–Trinajstić information content (AvgIpc) is 3.40. The summed E-state index contributed by atoms with van der Waals surface area (Å²) in [6, 6.07) is 15.2. The minimum atomic E-state index is -0.377. The van der Waals surface area contributed by atoms with Crippen molar-refractivity contribution in [1.29, 1.82) is 0 Å². The van der Waals surface area contributed by atoms with Crippen LogP contribution in [0.25, 0.3) is 22.0 Å². The predicted molar refractivity (Wildman–Crippen MR) is 141 cm³/mol. The van der Waals surface area contributed by atoms with Gasteiger partial charge in [0.15, 0.2) is 0 Å². The van der Waals surface area contributed by atoms with Crippen LogP contribution in [0.5, 0.6) is 0 Å². The number of nitrogens with one attached hydrogen (secondary N) is 2. The number of amides is 2. The quantitative estimate of drug-likeness (QED) is 0.440. The molecule has 0 bridgehead atoms. The largest absolute Gasteiger partial charge is 0.315 e. The number of carbonyl (C=O) groups excluding carboxylic acids is 2. The van der Waals surface area contributed by atoms with Gasteiger partial charge in [0.2, 0.25) is 11.8 Å². The van der Waals surface area contributed by atoms with Crippen molar-refractivity contribution in [3.05, 3.63) is 71.5 Å². The average molecular weight is 479 g/mol. The van der Waals surface area contributed by atoms with Crippen LogP contribution >= 0.6 is 0 Å². The third-order valence-electron chi connectivity index (χ3n) is 6.47. The van der Waals surface area contributed by atoms with Gasteiger partial charge in [-0.25, -0.2) is 4.98 Å². The zero-order valence-electron chi connectivity index (χ0n) is 20.6. The highest BCUT2D eigenvalue weighted by atomic mass is 16.2. The molecule has 0 saturated carbocycles. The Hall–Kier alpha value is -4.48. The van der Waals surface area contributed by atoms with E-state index >= 15 is 0 Å². The van der Waals surface area contributed by atoms with Crippen molar-refractivity contribution in [2.75, 3.05) is 24.3 Å². The lowest BCUT2D eigenvalue weighted by Gasteiger charge is -2.13. The molecule has 4 aromatic rings. The molecule has 8 heteroatoms. The van der Waals surface area contributed by atoms with E-state index in [2.05, 4.69) is 32.6 Å². The Balaban J connectivity index is 1.57. The van der Waals surface area contributed by atoms with Gasteiger partial charge in [-0.3, -0.25) is 14.3 Å². The van der Waals surface area contributed by atoms with Crippen molar-refractivity contribution in [1.82, 2.24) is 20.1 Å². The van der Waals surface area contributed by atoms with Crippen LogP contribution in [-0.2, 0) is 23.1 Å². The van der Waals surface area contributed by atoms with Gasteiger partial charge in [-0.2, -0.15) is 5.10 Å². The summed E-state index contributed by atoms with van der Waals surface area (Å²) in [6.45, 7) is 1.78. The molecule has 0 fully saturated rings. The number of aryl methyl sites for hydroxylation is 1. The zero-order valence-corrected chi connectivity index (χ0v) is 20.6. The topological polar surface area (TPSA) is 92.2 Å². The normalized spacial score (nSPS) is 13.3. The SMILES string of the molecule is CNC(C)C(=O)Nc1cc(-c2cccc3cnn(C)c23)cc(C#Cc2ccc3c(c2)CC(=O)N3C)n1. The Kier molecular flexibility index (Phi) is 6.00. The number of benzene rings is 2. The molecule has 2 aromatic heterocycles. The molecule has 0 aliphatic carbocycles. The lowest BCUT2D eigenvalue weighted by atomic mass is 10.0. The van der Waals surface area contributed by atoms with Crippen LogP contribution in [-0.4, -0.2) is 46.7 Å². The maximum Gasteiger partial charge on any atom is 0.242 e. The minimum Gasteiger partial charge on any atom is -0.315 e. The number of nitrogens with zero attached hydrogens (tertiary/aromatic N) is 4. The van der Waals surface area contributed by atoms with E-state index in [1.165, 1.54) is 0 Å². The van der Waals surface area contributed by atoms with Crippen molar-refractivity contribution >= 4 is 34.2 Å². The maximum atomic E-state index is 12.6. The highest BCUT2D eigenvalue weighted by Crippen LogP contribution is 2.30. The molecule has 2 N–H and O–H groups in total. The van der Waals surface area contributed by atoms with Gasteiger partial charge in [-0.05, 0) is 61.4 Å². The van der Waals surface area contributed by atoms with Gasteiger partial charge in [0, 0.05) is 36.3 Å². The molecule has 0 saturated heterocycles. The second kappa shape index (κ2) is 9.29. The minimum absolute atomic E-state index is 0.0741. The number of hydrogen-bond acceptors (Lipinski definition) is 5. The molecule has 1 aliphatic heterocycles. The molecular weight excluding hydrogens is 452 g/mol. The Morgan fingerprint density at radius 3 is 2.75 bits per heavy atom. The van der Waals surface area contributed by atoms with E-state index in [1.54, 1.807) is 25.9 Å². The summed E-state index contributed by atoms with van der Waals surface area (Å²) in [7, 11) is 5.42. The van der Waals surface area contributed by atoms with Crippen molar-refractivity contribution in [2.45, 2.75) is 19.4 Å². The second-order valence-corrected chi connectivity index (χ2v) is 8.86. The summed E-state index contributed by atoms with van der Waals surface area (Å²) in [4.78, 5) is 30.9. The van der Waals surface area contributed by atoms with Gasteiger partial charge in [-0.15, -0.1) is 0 Å². The number of para-hydroxylation sites is 1. The van der Waals surface area contributed by atoms with Gasteiger partial charge in [0.1, 0.15) is 11.5 Å². The zero-order chi connectivity index (χ0) is 25.4. The Morgan fingerprint density at radius 1 is 1.11 bits per heavy atom. The van der Waals surface area contributed by atoms with Crippen molar-refractivity contribution in [3.8, 4) is 23.0 Å². The van der Waals surface area contributed by atoms with Crippen molar-refractivity contribution in [2.24, 2.45) is 7.05 Å². The van der Waals surface area contributed by atoms with E-state index in [0.29, 0.717) is 17.9 Å². The second-order valence-electron chi connectivity index (χ2n) is 8.86. The van der Waals surface area contributed by atoms with Crippen LogP contribution < -0.4 is 15.5 Å².